The minimum absolute atomic E-state index is 0.239. The standard InChI is InChI=1S/C12H11FN2O/c13-11-3-1-10(2-4-11)6-8-15-12(9-16)5-7-14-15/h1-5,7,9H,6,8H2. The number of aryl methyl sites for hydroxylation is 2. The van der Waals surface area contributed by atoms with Crippen molar-refractivity contribution in [1.29, 1.82) is 0 Å². The summed E-state index contributed by atoms with van der Waals surface area (Å²) in [6.45, 7) is 0.618. The molecule has 0 aliphatic carbocycles. The molecule has 0 N–H and O–H groups in total. The van der Waals surface area contributed by atoms with Crippen molar-refractivity contribution in [3.63, 3.8) is 0 Å². The van der Waals surface area contributed by atoms with Crippen molar-refractivity contribution in [3.05, 3.63) is 53.6 Å². The summed E-state index contributed by atoms with van der Waals surface area (Å²) in [5, 5.41) is 4.03. The molecule has 0 saturated heterocycles. The number of carbonyl (C=O) groups is 1. The second-order valence-corrected chi connectivity index (χ2v) is 3.47. The smallest absolute Gasteiger partial charge is 0.168 e. The van der Waals surface area contributed by atoms with Crippen molar-refractivity contribution >= 4 is 6.29 Å². The van der Waals surface area contributed by atoms with E-state index in [0.29, 0.717) is 12.2 Å². The zero-order valence-electron chi connectivity index (χ0n) is 8.64. The maximum Gasteiger partial charge on any atom is 0.168 e. The van der Waals surface area contributed by atoms with Crippen molar-refractivity contribution in [1.82, 2.24) is 9.78 Å². The van der Waals surface area contributed by atoms with Gasteiger partial charge in [0.15, 0.2) is 6.29 Å². The van der Waals surface area contributed by atoms with E-state index < -0.39 is 0 Å². The minimum atomic E-state index is -0.239. The summed E-state index contributed by atoms with van der Waals surface area (Å²) >= 11 is 0. The molecule has 1 heterocycles. The Morgan fingerprint density at radius 3 is 2.69 bits per heavy atom. The molecule has 0 saturated carbocycles. The molecule has 0 amide bonds. The molecular weight excluding hydrogens is 207 g/mol. The Bertz CT molecular complexity index is 476. The van der Waals surface area contributed by atoms with Crippen LogP contribution < -0.4 is 0 Å². The Balaban J connectivity index is 2.02. The normalized spacial score (nSPS) is 10.3. The van der Waals surface area contributed by atoms with E-state index in [1.807, 2.05) is 0 Å². The fourth-order valence-electron chi connectivity index (χ4n) is 1.52. The first-order chi connectivity index (χ1) is 7.79. The number of hydrogen-bond donors (Lipinski definition) is 0. The van der Waals surface area contributed by atoms with Crippen LogP contribution in [0.1, 0.15) is 16.1 Å². The van der Waals surface area contributed by atoms with Crippen LogP contribution in [0.3, 0.4) is 0 Å². The third-order valence-electron chi connectivity index (χ3n) is 2.40. The lowest BCUT2D eigenvalue weighted by Gasteiger charge is -2.03. The van der Waals surface area contributed by atoms with Crippen molar-refractivity contribution < 1.29 is 9.18 Å². The quantitative estimate of drug-likeness (QED) is 0.736. The number of hydrogen-bond acceptors (Lipinski definition) is 2. The van der Waals surface area contributed by atoms with Gasteiger partial charge in [-0.05, 0) is 30.2 Å². The molecule has 0 radical (unpaired) electrons. The molecule has 0 spiro atoms. The summed E-state index contributed by atoms with van der Waals surface area (Å²) in [5.41, 5.74) is 1.58. The molecule has 0 unspecified atom stereocenters. The van der Waals surface area contributed by atoms with E-state index in [1.54, 1.807) is 29.1 Å². The number of halogens is 1. The first-order valence-corrected chi connectivity index (χ1v) is 5.01. The summed E-state index contributed by atoms with van der Waals surface area (Å²) in [5.74, 6) is -0.239. The molecule has 82 valence electrons. The predicted molar refractivity (Wildman–Crippen MR) is 57.7 cm³/mol. The molecule has 1 aromatic heterocycles. The largest absolute Gasteiger partial charge is 0.296 e. The second kappa shape index (κ2) is 4.70. The summed E-state index contributed by atoms with van der Waals surface area (Å²) in [6.07, 6.45) is 3.09. The summed E-state index contributed by atoms with van der Waals surface area (Å²) in [7, 11) is 0. The fourth-order valence-corrected chi connectivity index (χ4v) is 1.52. The zero-order chi connectivity index (χ0) is 11.4. The molecular formula is C12H11FN2O. The van der Waals surface area contributed by atoms with Crippen molar-refractivity contribution in [2.45, 2.75) is 13.0 Å². The lowest BCUT2D eigenvalue weighted by atomic mass is 10.1. The number of carbonyl (C=O) groups excluding carboxylic acids is 1. The number of rotatable bonds is 4. The van der Waals surface area contributed by atoms with Gasteiger partial charge in [-0.2, -0.15) is 5.10 Å². The van der Waals surface area contributed by atoms with E-state index >= 15 is 0 Å². The van der Waals surface area contributed by atoms with Crippen LogP contribution in [0.5, 0.6) is 0 Å². The molecule has 0 bridgehead atoms. The van der Waals surface area contributed by atoms with Gasteiger partial charge in [0.1, 0.15) is 11.5 Å². The zero-order valence-corrected chi connectivity index (χ0v) is 8.64. The van der Waals surface area contributed by atoms with Gasteiger partial charge in [0.2, 0.25) is 0 Å². The maximum absolute atomic E-state index is 12.7. The molecule has 3 nitrogen and oxygen atoms in total. The number of aromatic nitrogens is 2. The Morgan fingerprint density at radius 1 is 1.25 bits per heavy atom. The van der Waals surface area contributed by atoms with Gasteiger partial charge in [-0.1, -0.05) is 12.1 Å². The van der Waals surface area contributed by atoms with Crippen LogP contribution in [-0.4, -0.2) is 16.1 Å². The number of nitrogens with zero attached hydrogens (tertiary/aromatic N) is 2. The van der Waals surface area contributed by atoms with Crippen LogP contribution in [0, 0.1) is 5.82 Å². The van der Waals surface area contributed by atoms with Gasteiger partial charge in [-0.3, -0.25) is 9.48 Å². The van der Waals surface area contributed by atoms with Gasteiger partial charge < -0.3 is 0 Å². The van der Waals surface area contributed by atoms with E-state index in [0.717, 1.165) is 18.3 Å². The molecule has 4 heteroatoms. The highest BCUT2D eigenvalue weighted by molar-refractivity contribution is 5.71. The van der Waals surface area contributed by atoms with Crippen molar-refractivity contribution in [2.75, 3.05) is 0 Å². The van der Waals surface area contributed by atoms with Gasteiger partial charge in [0, 0.05) is 12.7 Å². The average molecular weight is 218 g/mol. The van der Waals surface area contributed by atoms with E-state index in [1.165, 1.54) is 12.1 Å². The highest BCUT2D eigenvalue weighted by Gasteiger charge is 2.01. The first-order valence-electron chi connectivity index (χ1n) is 5.01. The van der Waals surface area contributed by atoms with Crippen LogP contribution in [0.15, 0.2) is 36.5 Å². The minimum Gasteiger partial charge on any atom is -0.296 e. The average Bonchev–Trinajstić information content (AvgIpc) is 2.76. The Hall–Kier alpha value is -1.97. The van der Waals surface area contributed by atoms with Crippen LogP contribution >= 0.6 is 0 Å². The third kappa shape index (κ3) is 2.34. The maximum atomic E-state index is 12.7. The third-order valence-corrected chi connectivity index (χ3v) is 2.40. The van der Waals surface area contributed by atoms with Gasteiger partial charge in [0.25, 0.3) is 0 Å². The highest BCUT2D eigenvalue weighted by Crippen LogP contribution is 2.05. The molecule has 0 fully saturated rings. The molecule has 0 aliphatic rings. The van der Waals surface area contributed by atoms with E-state index in [2.05, 4.69) is 5.10 Å². The van der Waals surface area contributed by atoms with Crippen molar-refractivity contribution in [3.8, 4) is 0 Å². The number of aldehydes is 1. The van der Waals surface area contributed by atoms with E-state index in [4.69, 9.17) is 0 Å². The molecule has 2 rings (SSSR count). The summed E-state index contributed by atoms with van der Waals surface area (Å²) < 4.78 is 14.3. The molecule has 16 heavy (non-hydrogen) atoms. The molecule has 0 aliphatic heterocycles. The molecule has 1 aromatic carbocycles. The molecule has 2 aromatic rings. The Labute approximate surface area is 92.5 Å². The summed E-state index contributed by atoms with van der Waals surface area (Å²) in [6, 6.07) is 7.99. The summed E-state index contributed by atoms with van der Waals surface area (Å²) in [4.78, 5) is 10.6. The predicted octanol–water partition coefficient (Wildman–Crippen LogP) is 2.08. The number of benzene rings is 1. The van der Waals surface area contributed by atoms with Crippen LogP contribution in [-0.2, 0) is 13.0 Å². The SMILES string of the molecule is O=Cc1ccnn1CCc1ccc(F)cc1. The van der Waals surface area contributed by atoms with Crippen LogP contribution in [0.25, 0.3) is 0 Å². The van der Waals surface area contributed by atoms with Gasteiger partial charge in [-0.15, -0.1) is 0 Å². The monoisotopic (exact) mass is 218 g/mol. The Morgan fingerprint density at radius 2 is 2.00 bits per heavy atom. The fraction of sp³-hybridized carbons (Fsp3) is 0.167. The van der Waals surface area contributed by atoms with Crippen LogP contribution in [0.4, 0.5) is 4.39 Å². The van der Waals surface area contributed by atoms with E-state index in [9.17, 15) is 9.18 Å². The molecule has 0 atom stereocenters. The van der Waals surface area contributed by atoms with Gasteiger partial charge in [-0.25, -0.2) is 4.39 Å². The van der Waals surface area contributed by atoms with E-state index in [-0.39, 0.29) is 5.82 Å². The first kappa shape index (κ1) is 10.5. The van der Waals surface area contributed by atoms with Gasteiger partial charge in [0.05, 0.1) is 0 Å². The van der Waals surface area contributed by atoms with Crippen molar-refractivity contribution in [2.24, 2.45) is 0 Å². The highest BCUT2D eigenvalue weighted by atomic mass is 19.1. The Kier molecular flexibility index (Phi) is 3.10. The topological polar surface area (TPSA) is 34.9 Å². The second-order valence-electron chi connectivity index (χ2n) is 3.47. The van der Waals surface area contributed by atoms with Gasteiger partial charge >= 0.3 is 0 Å². The lowest BCUT2D eigenvalue weighted by molar-refractivity contribution is 0.111. The lowest BCUT2D eigenvalue weighted by Crippen LogP contribution is -2.06. The van der Waals surface area contributed by atoms with Crippen LogP contribution in [0.2, 0.25) is 0 Å².